The molecule has 0 aromatic rings. The minimum Gasteiger partial charge on any atom is -0.394 e. The van der Waals surface area contributed by atoms with Gasteiger partial charge in [-0.3, -0.25) is 18.7 Å². The molecule has 9 aliphatic rings. The first-order valence-corrected chi connectivity index (χ1v) is 27.2. The van der Waals surface area contributed by atoms with Crippen LogP contribution < -0.4 is 34.4 Å². The summed E-state index contributed by atoms with van der Waals surface area (Å²) in [4.78, 5) is 25.1. The Labute approximate surface area is 452 Å². The van der Waals surface area contributed by atoms with Crippen LogP contribution in [0.4, 0.5) is 8.78 Å². The predicted molar refractivity (Wildman–Crippen MR) is 261 cm³/mol. The van der Waals surface area contributed by atoms with Crippen molar-refractivity contribution < 1.29 is 120 Å². The lowest BCUT2D eigenvalue weighted by Gasteiger charge is -2.63. The number of Topliss-reactive ketones (excluding diaryl/α,β-unsaturated/α-hetero) is 1. The molecular formula is C47H78F2N6O23S. The van der Waals surface area contributed by atoms with Crippen LogP contribution in [0.25, 0.3) is 0 Å². The number of ketones is 2. The summed E-state index contributed by atoms with van der Waals surface area (Å²) >= 11 is 0. The monoisotopic (exact) mass is 1160 g/mol. The third kappa shape index (κ3) is 11.4. The van der Waals surface area contributed by atoms with E-state index in [2.05, 4.69) is 0 Å². The van der Waals surface area contributed by atoms with Crippen LogP contribution in [0.3, 0.4) is 0 Å². The quantitative estimate of drug-likeness (QED) is 0.0855. The number of aliphatic hydroxyl groups is 9. The maximum Gasteiger partial charge on any atom is 0.394 e. The summed E-state index contributed by atoms with van der Waals surface area (Å²) in [5.41, 5.74) is 29.3. The maximum absolute atomic E-state index is 17.1. The number of rotatable bonds is 11. The van der Waals surface area contributed by atoms with Crippen LogP contribution in [-0.2, 0) is 57.9 Å². The van der Waals surface area contributed by atoms with E-state index < -0.39 is 210 Å². The third-order valence-electron chi connectivity index (χ3n) is 17.6. The highest BCUT2D eigenvalue weighted by Gasteiger charge is 2.80. The van der Waals surface area contributed by atoms with Crippen LogP contribution in [0.15, 0.2) is 23.8 Å². The van der Waals surface area contributed by atoms with Gasteiger partial charge >= 0.3 is 10.4 Å². The van der Waals surface area contributed by atoms with Crippen molar-refractivity contribution in [1.29, 1.82) is 0 Å². The summed E-state index contributed by atoms with van der Waals surface area (Å²) in [6.45, 7) is 4.91. The summed E-state index contributed by atoms with van der Waals surface area (Å²) in [7, 11) is -4.67. The Hall–Kier alpha value is -2.37. The first kappa shape index (κ1) is 64.2. The second kappa shape index (κ2) is 23.6. The van der Waals surface area contributed by atoms with Crippen molar-refractivity contribution in [3.8, 4) is 0 Å². The number of halogens is 2. The van der Waals surface area contributed by atoms with E-state index in [1.54, 1.807) is 20.8 Å². The van der Waals surface area contributed by atoms with Crippen molar-refractivity contribution in [2.45, 2.75) is 205 Å². The Kier molecular flexibility index (Phi) is 19.2. The zero-order chi connectivity index (χ0) is 59.0. The Morgan fingerprint density at radius 3 is 1.76 bits per heavy atom. The van der Waals surface area contributed by atoms with E-state index in [9.17, 15) is 55.5 Å². The number of nitrogens with two attached hydrogens (primary N) is 6. The second-order valence-electron chi connectivity index (χ2n) is 22.7. The van der Waals surface area contributed by atoms with Gasteiger partial charge in [0.1, 0.15) is 79.9 Å². The molecule has 0 aromatic heterocycles. The molecule has 9 rings (SSSR count). The first-order valence-electron chi connectivity index (χ1n) is 25.8. The Morgan fingerprint density at radius 2 is 1.24 bits per heavy atom. The molecule has 4 heterocycles. The molecule has 0 spiro atoms. The summed E-state index contributed by atoms with van der Waals surface area (Å²) in [5.74, 6) is -3.53. The van der Waals surface area contributed by atoms with E-state index in [-0.39, 0.29) is 44.3 Å². The SMILES string of the molecule is CC1(C)O[C@@H]2C[C@H]3[C@@H]4C[C@H](F)C5=CC(=O)C=C[C@]5(C)[C@@]4(F)[C@@H](O)C[C@]3(C)[C@]2(C(=O)CO)O1.NC[C@@H]1OC(O[C@H]2[C@@H](O)[C@H](O[C@@H]3[C@@H](O)[C@H](N)C[C@H](N)[C@H]3O[C@H]3O[C@H](CN)[C@@H](O)[C@H](O)[C@H]3N)O[C@@H]2CO)[C@H](N)[C@@H](O)[C@@H]1O.O=S(=O)(O)O. The topological polar surface area (TPSA) is 521 Å². The number of allylic oxidation sites excluding steroid dienone is 4. The molecule has 28 atom stereocenters. The van der Waals surface area contributed by atoms with Crippen LogP contribution in [-0.4, -0.2) is 253 Å². The van der Waals surface area contributed by atoms with Gasteiger partial charge < -0.3 is 118 Å². The standard InChI is InChI=1S/C24H30F2O6.C23H46N6O13.H2O4S/c1-20(2)31-19-9-13-14-8-16(25)15-7-12(28)5-6-21(15,3)23(14,26)17(29)10-22(13,4)24(19,32-20)18(30)11-27;24-2-7-13(32)15(34)10(28)21(37-7)40-18-6(27)1-5(26)12(31)20(18)42-23-17(36)19(9(4-30)39-23)41-22-11(29)16(35)14(33)8(3-25)38-22;1-5(2,3)4/h5-7,13-14,16-17,19,27,29H,8-11H2,1-4H3;5-23,30-36H,1-4,24-29H2;(H2,1,2,3,4)/t13-,14-,16-,17-,19+,21-,22-,23-,24+;5-,6+,7-,8+,9-,10-,11-,12+,13-,14-,15-,16-,17-,18-,19-,20-,21-,22?,23+;/m01./s1. The van der Waals surface area contributed by atoms with E-state index in [1.807, 2.05) is 0 Å². The fourth-order valence-electron chi connectivity index (χ4n) is 13.7. The van der Waals surface area contributed by atoms with Gasteiger partial charge in [-0.2, -0.15) is 8.42 Å². The van der Waals surface area contributed by atoms with Crippen LogP contribution >= 0.6 is 0 Å². The molecule has 5 aliphatic carbocycles. The number of hydrogen-bond donors (Lipinski definition) is 17. The average Bonchev–Trinajstić information content (AvgIpc) is 3.22. The van der Waals surface area contributed by atoms with Crippen LogP contribution in [0.2, 0.25) is 0 Å². The molecule has 29 nitrogen and oxygen atoms in total. The second-order valence-corrected chi connectivity index (χ2v) is 23.6. The maximum atomic E-state index is 17.1. The molecule has 454 valence electrons. The number of aliphatic hydroxyl groups excluding tert-OH is 9. The van der Waals surface area contributed by atoms with E-state index in [1.165, 1.54) is 19.1 Å². The highest BCUT2D eigenvalue weighted by Crippen LogP contribution is 2.72. The van der Waals surface area contributed by atoms with Gasteiger partial charge in [0, 0.05) is 41.9 Å². The molecule has 0 radical (unpaired) electrons. The number of carbonyl (C=O) groups excluding carboxylic acids is 2. The van der Waals surface area contributed by atoms with Gasteiger partial charge in [-0.1, -0.05) is 13.0 Å². The van der Waals surface area contributed by atoms with Gasteiger partial charge in [0.2, 0.25) is 0 Å². The molecule has 0 bridgehead atoms. The van der Waals surface area contributed by atoms with E-state index >= 15 is 8.78 Å². The molecule has 0 amide bonds. The Bertz CT molecular complexity index is 2360. The van der Waals surface area contributed by atoms with Gasteiger partial charge in [0.05, 0.1) is 37.0 Å². The van der Waals surface area contributed by atoms with Crippen molar-refractivity contribution in [2.75, 3.05) is 26.3 Å². The summed E-state index contributed by atoms with van der Waals surface area (Å²) in [6, 6.07) is -4.18. The number of ether oxygens (including phenoxy) is 8. The number of alkyl halides is 2. The van der Waals surface area contributed by atoms with E-state index in [4.69, 9.17) is 89.8 Å². The highest BCUT2D eigenvalue weighted by atomic mass is 32.3. The van der Waals surface area contributed by atoms with Crippen molar-refractivity contribution >= 4 is 22.0 Å². The molecular weight excluding hydrogens is 1090 g/mol. The lowest BCUT2D eigenvalue weighted by Crippen LogP contribution is -2.71. The smallest absolute Gasteiger partial charge is 0.394 e. The van der Waals surface area contributed by atoms with Gasteiger partial charge in [0.15, 0.2) is 47.5 Å². The third-order valence-corrected chi connectivity index (χ3v) is 17.6. The van der Waals surface area contributed by atoms with E-state index in [0.717, 1.165) is 6.08 Å². The zero-order valence-corrected chi connectivity index (χ0v) is 44.5. The molecule has 1 unspecified atom stereocenters. The number of hydrogen-bond acceptors (Lipinski definition) is 27. The molecule has 79 heavy (non-hydrogen) atoms. The highest BCUT2D eigenvalue weighted by molar-refractivity contribution is 7.79. The first-order chi connectivity index (χ1) is 36.6. The molecule has 8 fully saturated rings. The number of carbonyl (C=O) groups is 2. The molecule has 23 N–H and O–H groups in total. The molecule has 4 aliphatic heterocycles. The average molecular weight is 1170 g/mol. The van der Waals surface area contributed by atoms with Crippen molar-refractivity contribution in [3.05, 3.63) is 23.8 Å². The summed E-state index contributed by atoms with van der Waals surface area (Å²) in [6.07, 6.45) is -19.9. The van der Waals surface area contributed by atoms with Crippen LogP contribution in [0.1, 0.15) is 53.4 Å². The summed E-state index contributed by atoms with van der Waals surface area (Å²) < 4.78 is 111. The van der Waals surface area contributed by atoms with Gasteiger partial charge in [-0.15, -0.1) is 0 Å². The minimum absolute atomic E-state index is 0.0550. The molecule has 4 saturated heterocycles. The lowest BCUT2D eigenvalue weighted by molar-refractivity contribution is -0.306. The fourth-order valence-corrected chi connectivity index (χ4v) is 13.7. The molecule has 0 aromatic carbocycles. The van der Waals surface area contributed by atoms with Crippen LogP contribution in [0.5, 0.6) is 0 Å². The van der Waals surface area contributed by atoms with Gasteiger partial charge in [-0.05, 0) is 70.1 Å². The lowest BCUT2D eigenvalue weighted by atomic mass is 9.44. The van der Waals surface area contributed by atoms with Crippen molar-refractivity contribution in [2.24, 2.45) is 57.1 Å². The van der Waals surface area contributed by atoms with Gasteiger partial charge in [-0.25, -0.2) is 8.78 Å². The largest absolute Gasteiger partial charge is 0.394 e. The van der Waals surface area contributed by atoms with Crippen molar-refractivity contribution in [1.82, 2.24) is 0 Å². The molecule has 4 saturated carbocycles. The minimum atomic E-state index is -4.67. The Balaban J connectivity index is 0.000000216. The van der Waals surface area contributed by atoms with E-state index in [0.29, 0.717) is 0 Å². The van der Waals surface area contributed by atoms with Gasteiger partial charge in [0.25, 0.3) is 0 Å². The Morgan fingerprint density at radius 1 is 0.722 bits per heavy atom. The van der Waals surface area contributed by atoms with Crippen LogP contribution in [0, 0.1) is 22.7 Å². The number of fused-ring (bicyclic) bond motifs is 7. The molecule has 32 heteroatoms. The zero-order valence-electron chi connectivity index (χ0n) is 43.7. The predicted octanol–water partition coefficient (Wildman–Crippen LogP) is -7.18. The fraction of sp³-hybridized carbons (Fsp3) is 0.872. The normalized spacial score (nSPS) is 50.9. The van der Waals surface area contributed by atoms with Crippen molar-refractivity contribution in [3.63, 3.8) is 0 Å². The summed E-state index contributed by atoms with van der Waals surface area (Å²) in [5, 5.41) is 94.1.